The van der Waals surface area contributed by atoms with Gasteiger partial charge in [-0.05, 0) is 35.6 Å². The minimum Gasteiger partial charge on any atom is -0.494 e. The average molecular weight is 587 g/mol. The molecule has 2 aromatic carbocycles. The summed E-state index contributed by atoms with van der Waals surface area (Å²) in [5.74, 6) is 0.0961. The zero-order valence-corrected chi connectivity index (χ0v) is 25.2. The first kappa shape index (κ1) is 30.8. The van der Waals surface area contributed by atoms with Gasteiger partial charge in [0, 0.05) is 41.0 Å². The first-order valence-corrected chi connectivity index (χ1v) is 15.3. The van der Waals surface area contributed by atoms with Crippen LogP contribution >= 0.6 is 11.3 Å². The third-order valence-corrected chi connectivity index (χ3v) is 8.20. The number of benzene rings is 2. The lowest BCUT2D eigenvalue weighted by atomic mass is 10.0. The summed E-state index contributed by atoms with van der Waals surface area (Å²) in [6.07, 6.45) is 11.4. The van der Waals surface area contributed by atoms with Gasteiger partial charge in [0.25, 0.3) is 5.91 Å². The standard InChI is InChI=1S/C33H38N4O4S/c1-4-5-6-7-8-17-41-27-15-13-24(14-16-27)26-19-34-30(35-20-26)25-11-9-23(10-12-25)18-28(33(39)40)37-31(38)32-36-21-29(42-32)22(2)3/h9-16,19-22,28H,4-8,17-18H2,1-3H3,(H,37,38)(H,39,40)/t28-/m0/s1. The number of carboxylic acids is 1. The average Bonchev–Trinajstić information content (AvgIpc) is 3.51. The van der Waals surface area contributed by atoms with Gasteiger partial charge >= 0.3 is 5.97 Å². The van der Waals surface area contributed by atoms with E-state index in [1.807, 2.05) is 62.4 Å². The Kier molecular flexibility index (Phi) is 11.2. The minimum atomic E-state index is -1.10. The van der Waals surface area contributed by atoms with Crippen LogP contribution in [0.25, 0.3) is 22.5 Å². The van der Waals surface area contributed by atoms with Crippen LogP contribution < -0.4 is 10.1 Å². The molecule has 1 amide bonds. The molecule has 42 heavy (non-hydrogen) atoms. The van der Waals surface area contributed by atoms with Crippen molar-refractivity contribution in [3.63, 3.8) is 0 Å². The van der Waals surface area contributed by atoms with Crippen LogP contribution in [0.2, 0.25) is 0 Å². The number of carbonyl (C=O) groups excluding carboxylic acids is 1. The molecular formula is C33H38N4O4S. The molecule has 2 aromatic heterocycles. The van der Waals surface area contributed by atoms with E-state index in [0.717, 1.165) is 45.9 Å². The van der Waals surface area contributed by atoms with E-state index in [2.05, 4.69) is 27.2 Å². The summed E-state index contributed by atoms with van der Waals surface area (Å²) >= 11 is 1.28. The second-order valence-electron chi connectivity index (χ2n) is 10.6. The molecule has 0 spiro atoms. The zero-order valence-electron chi connectivity index (χ0n) is 24.4. The van der Waals surface area contributed by atoms with E-state index < -0.39 is 17.9 Å². The van der Waals surface area contributed by atoms with Crippen molar-refractivity contribution in [2.75, 3.05) is 6.61 Å². The Hall–Kier alpha value is -4.11. The number of nitrogens with one attached hydrogen (secondary N) is 1. The number of nitrogens with zero attached hydrogens (tertiary/aromatic N) is 3. The van der Waals surface area contributed by atoms with Crippen molar-refractivity contribution in [1.29, 1.82) is 0 Å². The molecule has 2 heterocycles. The number of aliphatic carboxylic acids is 1. The van der Waals surface area contributed by atoms with Crippen molar-refractivity contribution < 1.29 is 19.4 Å². The largest absolute Gasteiger partial charge is 0.494 e. The molecule has 4 aromatic rings. The fourth-order valence-electron chi connectivity index (χ4n) is 4.37. The molecule has 9 heteroatoms. The van der Waals surface area contributed by atoms with Gasteiger partial charge in [-0.2, -0.15) is 0 Å². The van der Waals surface area contributed by atoms with Gasteiger partial charge in [-0.25, -0.2) is 19.7 Å². The van der Waals surface area contributed by atoms with Crippen LogP contribution in [0.1, 0.15) is 79.0 Å². The number of amides is 1. The normalized spacial score (nSPS) is 11.8. The third-order valence-electron chi connectivity index (χ3n) is 6.90. The Bertz CT molecular complexity index is 1430. The molecule has 0 saturated heterocycles. The van der Waals surface area contributed by atoms with Crippen LogP contribution in [-0.2, 0) is 11.2 Å². The first-order valence-electron chi connectivity index (χ1n) is 14.5. The molecule has 0 aliphatic carbocycles. The molecule has 220 valence electrons. The van der Waals surface area contributed by atoms with Crippen molar-refractivity contribution in [3.8, 4) is 28.3 Å². The molecule has 0 bridgehead atoms. The maximum Gasteiger partial charge on any atom is 0.326 e. The summed E-state index contributed by atoms with van der Waals surface area (Å²) < 4.78 is 5.86. The van der Waals surface area contributed by atoms with Gasteiger partial charge < -0.3 is 15.2 Å². The number of hydrogen-bond donors (Lipinski definition) is 2. The molecule has 8 nitrogen and oxygen atoms in total. The van der Waals surface area contributed by atoms with Gasteiger partial charge in [0.05, 0.1) is 6.61 Å². The van der Waals surface area contributed by atoms with Crippen LogP contribution in [0.15, 0.2) is 67.1 Å². The van der Waals surface area contributed by atoms with Gasteiger partial charge in [0.15, 0.2) is 10.8 Å². The number of ether oxygens (including phenoxy) is 1. The Morgan fingerprint density at radius 3 is 2.14 bits per heavy atom. The Morgan fingerprint density at radius 1 is 0.857 bits per heavy atom. The number of carbonyl (C=O) groups is 2. The van der Waals surface area contributed by atoms with Gasteiger partial charge in [-0.1, -0.05) is 82.9 Å². The number of thiazole rings is 1. The summed E-state index contributed by atoms with van der Waals surface area (Å²) in [6.45, 7) is 6.98. The summed E-state index contributed by atoms with van der Waals surface area (Å²) in [7, 11) is 0. The van der Waals surface area contributed by atoms with Crippen molar-refractivity contribution in [3.05, 3.63) is 82.6 Å². The maximum atomic E-state index is 12.6. The summed E-state index contributed by atoms with van der Waals surface area (Å²) in [6, 6.07) is 14.3. The van der Waals surface area contributed by atoms with Gasteiger partial charge in [0.2, 0.25) is 0 Å². The van der Waals surface area contributed by atoms with Gasteiger partial charge in [-0.3, -0.25) is 4.79 Å². The summed E-state index contributed by atoms with van der Waals surface area (Å²) in [5.41, 5.74) is 3.50. The summed E-state index contributed by atoms with van der Waals surface area (Å²) in [5, 5.41) is 12.6. The molecule has 0 aliphatic heterocycles. The fraction of sp³-hybridized carbons (Fsp3) is 0.364. The highest BCUT2D eigenvalue weighted by molar-refractivity contribution is 7.13. The molecule has 0 saturated carbocycles. The second kappa shape index (κ2) is 15.2. The highest BCUT2D eigenvalue weighted by Crippen LogP contribution is 2.24. The molecule has 0 radical (unpaired) electrons. The Labute approximate surface area is 251 Å². The van der Waals surface area contributed by atoms with Crippen molar-refractivity contribution >= 4 is 23.2 Å². The third kappa shape index (κ3) is 8.69. The molecule has 0 unspecified atom stereocenters. The van der Waals surface area contributed by atoms with Gasteiger partial charge in [0.1, 0.15) is 11.8 Å². The molecule has 0 fully saturated rings. The molecular weight excluding hydrogens is 548 g/mol. The molecule has 0 aliphatic rings. The van der Waals surface area contributed by atoms with E-state index in [4.69, 9.17) is 4.74 Å². The van der Waals surface area contributed by atoms with Crippen molar-refractivity contribution in [2.45, 2.75) is 71.3 Å². The highest BCUT2D eigenvalue weighted by atomic mass is 32.1. The van der Waals surface area contributed by atoms with Crippen LogP contribution in [0, 0.1) is 0 Å². The monoisotopic (exact) mass is 586 g/mol. The van der Waals surface area contributed by atoms with Crippen LogP contribution in [0.5, 0.6) is 5.75 Å². The van der Waals surface area contributed by atoms with Gasteiger partial charge in [-0.15, -0.1) is 11.3 Å². The van der Waals surface area contributed by atoms with Crippen LogP contribution in [-0.4, -0.2) is 44.6 Å². The lowest BCUT2D eigenvalue weighted by Crippen LogP contribution is -2.42. The van der Waals surface area contributed by atoms with E-state index in [1.165, 1.54) is 37.0 Å². The molecule has 4 rings (SSSR count). The second-order valence-corrected chi connectivity index (χ2v) is 11.6. The van der Waals surface area contributed by atoms with E-state index in [0.29, 0.717) is 5.82 Å². The maximum absolute atomic E-state index is 12.6. The fourth-order valence-corrected chi connectivity index (χ4v) is 5.19. The number of unbranched alkanes of at least 4 members (excludes halogenated alkanes) is 4. The van der Waals surface area contributed by atoms with E-state index in [1.54, 1.807) is 18.6 Å². The minimum absolute atomic E-state index is 0.141. The summed E-state index contributed by atoms with van der Waals surface area (Å²) in [4.78, 5) is 38.7. The van der Waals surface area contributed by atoms with E-state index >= 15 is 0 Å². The molecule has 2 N–H and O–H groups in total. The smallest absolute Gasteiger partial charge is 0.326 e. The number of hydrogen-bond acceptors (Lipinski definition) is 7. The lowest BCUT2D eigenvalue weighted by molar-refractivity contribution is -0.139. The number of aromatic nitrogens is 3. The predicted octanol–water partition coefficient (Wildman–Crippen LogP) is 7.17. The zero-order chi connectivity index (χ0) is 29.9. The van der Waals surface area contributed by atoms with E-state index in [9.17, 15) is 14.7 Å². The number of carboxylic acid groups (broad SMARTS) is 1. The quantitative estimate of drug-likeness (QED) is 0.142. The van der Waals surface area contributed by atoms with Crippen LogP contribution in [0.4, 0.5) is 0 Å². The molecule has 1 atom stereocenters. The topological polar surface area (TPSA) is 114 Å². The predicted molar refractivity (Wildman–Crippen MR) is 166 cm³/mol. The SMILES string of the molecule is CCCCCCCOc1ccc(-c2cnc(-c3ccc(C[C@H](NC(=O)c4ncc(C(C)C)s4)C(=O)O)cc3)nc2)cc1. The van der Waals surface area contributed by atoms with Crippen molar-refractivity contribution in [2.24, 2.45) is 0 Å². The first-order chi connectivity index (χ1) is 20.3. The Balaban J connectivity index is 1.32. The van der Waals surface area contributed by atoms with Crippen LogP contribution in [0.3, 0.4) is 0 Å². The highest BCUT2D eigenvalue weighted by Gasteiger charge is 2.23. The van der Waals surface area contributed by atoms with E-state index in [-0.39, 0.29) is 17.3 Å². The Morgan fingerprint density at radius 2 is 1.52 bits per heavy atom. The lowest BCUT2D eigenvalue weighted by Gasteiger charge is -2.14. The number of rotatable bonds is 15. The van der Waals surface area contributed by atoms with Crippen molar-refractivity contribution in [1.82, 2.24) is 20.3 Å².